The summed E-state index contributed by atoms with van der Waals surface area (Å²) in [6, 6.07) is 2.08. The summed E-state index contributed by atoms with van der Waals surface area (Å²) in [5.41, 5.74) is 2.20. The van der Waals surface area contributed by atoms with Gasteiger partial charge in [-0.2, -0.15) is 0 Å². The highest BCUT2D eigenvalue weighted by atomic mass is 16.3. The number of hydrogen-bond acceptors (Lipinski definition) is 5. The minimum absolute atomic E-state index is 0.445. The minimum Gasteiger partial charge on any atom is -0.389 e. The Labute approximate surface area is 101 Å². The number of pyridine rings is 1. The maximum absolute atomic E-state index is 9.53. The maximum Gasteiger partial charge on any atom is 0.131 e. The highest BCUT2D eigenvalue weighted by molar-refractivity contribution is 5.48. The van der Waals surface area contributed by atoms with E-state index in [1.54, 1.807) is 0 Å². The smallest absolute Gasteiger partial charge is 0.131 e. The second-order valence-electron chi connectivity index (χ2n) is 4.55. The monoisotopic (exact) mass is 237 g/mol. The number of rotatable bonds is 3. The lowest BCUT2D eigenvalue weighted by Gasteiger charge is -2.19. The first-order valence-electron chi connectivity index (χ1n) is 5.83. The van der Waals surface area contributed by atoms with E-state index in [-0.39, 0.29) is 0 Å². The molecule has 1 fully saturated rings. The topological polar surface area (TPSA) is 68.6 Å². The van der Waals surface area contributed by atoms with Crippen molar-refractivity contribution < 1.29 is 10.2 Å². The van der Waals surface area contributed by atoms with E-state index in [0.29, 0.717) is 13.1 Å². The Kier molecular flexibility index (Phi) is 3.61. The van der Waals surface area contributed by atoms with Gasteiger partial charge in [0, 0.05) is 25.8 Å². The van der Waals surface area contributed by atoms with Crippen molar-refractivity contribution in [1.29, 1.82) is 0 Å². The van der Waals surface area contributed by atoms with Crippen molar-refractivity contribution in [2.24, 2.45) is 0 Å². The summed E-state index contributed by atoms with van der Waals surface area (Å²) in [7, 11) is 1.90. The minimum atomic E-state index is -0.673. The fourth-order valence-corrected chi connectivity index (χ4v) is 2.20. The molecule has 0 saturated carbocycles. The van der Waals surface area contributed by atoms with Crippen molar-refractivity contribution >= 4 is 5.82 Å². The fourth-order valence-electron chi connectivity index (χ4n) is 2.20. The number of aliphatic hydroxyl groups is 2. The quantitative estimate of drug-likeness (QED) is 0.670. The SMILES string of the molecule is CNCc1cnc(N2CC(O)C(O)C2)c(C)c1. The molecule has 1 aromatic rings. The Hall–Kier alpha value is -1.17. The van der Waals surface area contributed by atoms with Crippen molar-refractivity contribution in [3.63, 3.8) is 0 Å². The predicted molar refractivity (Wildman–Crippen MR) is 66.0 cm³/mol. The van der Waals surface area contributed by atoms with Crippen molar-refractivity contribution in [3.05, 3.63) is 23.4 Å². The van der Waals surface area contributed by atoms with Crippen molar-refractivity contribution in [3.8, 4) is 0 Å². The summed E-state index contributed by atoms with van der Waals surface area (Å²) in [6.07, 6.45) is 0.483. The van der Waals surface area contributed by atoms with Crippen LogP contribution in [0.3, 0.4) is 0 Å². The van der Waals surface area contributed by atoms with Gasteiger partial charge in [-0.25, -0.2) is 4.98 Å². The van der Waals surface area contributed by atoms with Crippen LogP contribution in [0, 0.1) is 6.92 Å². The van der Waals surface area contributed by atoms with E-state index in [2.05, 4.69) is 16.4 Å². The van der Waals surface area contributed by atoms with Crippen LogP contribution in [-0.2, 0) is 6.54 Å². The average molecular weight is 237 g/mol. The standard InChI is InChI=1S/C12H19N3O2/c1-8-3-9(4-13-2)5-14-12(8)15-6-10(16)11(17)7-15/h3,5,10-11,13,16-17H,4,6-7H2,1-2H3. The number of aryl methyl sites for hydroxylation is 1. The van der Waals surface area contributed by atoms with Crippen LogP contribution in [0.25, 0.3) is 0 Å². The molecule has 5 nitrogen and oxygen atoms in total. The van der Waals surface area contributed by atoms with Gasteiger partial charge >= 0.3 is 0 Å². The molecule has 1 saturated heterocycles. The lowest BCUT2D eigenvalue weighted by atomic mass is 10.2. The second-order valence-corrected chi connectivity index (χ2v) is 4.55. The van der Waals surface area contributed by atoms with Gasteiger partial charge in [-0.1, -0.05) is 0 Å². The number of aliphatic hydroxyl groups excluding tert-OH is 2. The van der Waals surface area contributed by atoms with E-state index in [1.807, 2.05) is 25.1 Å². The first kappa shape index (κ1) is 12.3. The van der Waals surface area contributed by atoms with Crippen LogP contribution in [-0.4, -0.2) is 47.5 Å². The maximum atomic E-state index is 9.53. The average Bonchev–Trinajstić information content (AvgIpc) is 2.59. The molecule has 3 N–H and O–H groups in total. The van der Waals surface area contributed by atoms with Crippen molar-refractivity contribution in [1.82, 2.24) is 10.3 Å². The highest BCUT2D eigenvalue weighted by Crippen LogP contribution is 2.22. The fraction of sp³-hybridized carbons (Fsp3) is 0.583. The summed E-state index contributed by atoms with van der Waals surface area (Å²) >= 11 is 0. The summed E-state index contributed by atoms with van der Waals surface area (Å²) in [5.74, 6) is 0.848. The number of nitrogens with one attached hydrogen (secondary N) is 1. The zero-order valence-electron chi connectivity index (χ0n) is 10.2. The molecule has 1 aliphatic rings. The van der Waals surface area contributed by atoms with Crippen LogP contribution in [0.4, 0.5) is 5.82 Å². The summed E-state index contributed by atoms with van der Waals surface area (Å²) in [6.45, 7) is 3.68. The van der Waals surface area contributed by atoms with E-state index in [1.165, 1.54) is 0 Å². The molecule has 1 aliphatic heterocycles. The third-order valence-corrected chi connectivity index (χ3v) is 3.05. The van der Waals surface area contributed by atoms with Crippen LogP contribution in [0.2, 0.25) is 0 Å². The van der Waals surface area contributed by atoms with Crippen LogP contribution in [0.5, 0.6) is 0 Å². The summed E-state index contributed by atoms with van der Waals surface area (Å²) < 4.78 is 0. The molecule has 0 bridgehead atoms. The van der Waals surface area contributed by atoms with E-state index in [9.17, 15) is 10.2 Å². The molecule has 2 rings (SSSR count). The Morgan fingerprint density at radius 3 is 2.59 bits per heavy atom. The molecular weight excluding hydrogens is 218 g/mol. The van der Waals surface area contributed by atoms with E-state index >= 15 is 0 Å². The lowest BCUT2D eigenvalue weighted by Crippen LogP contribution is -2.23. The Balaban J connectivity index is 2.17. The number of anilines is 1. The first-order valence-corrected chi connectivity index (χ1v) is 5.83. The van der Waals surface area contributed by atoms with Gasteiger partial charge < -0.3 is 20.4 Å². The normalized spacial score (nSPS) is 24.4. The molecule has 94 valence electrons. The van der Waals surface area contributed by atoms with Crippen LogP contribution in [0.1, 0.15) is 11.1 Å². The van der Waals surface area contributed by atoms with Crippen molar-refractivity contribution in [2.45, 2.75) is 25.7 Å². The molecule has 2 unspecified atom stereocenters. The second kappa shape index (κ2) is 5.00. The van der Waals surface area contributed by atoms with Gasteiger partial charge in [-0.05, 0) is 31.2 Å². The van der Waals surface area contributed by atoms with Crippen LogP contribution >= 0.6 is 0 Å². The van der Waals surface area contributed by atoms with E-state index in [0.717, 1.165) is 23.5 Å². The number of aromatic nitrogens is 1. The molecule has 0 amide bonds. The predicted octanol–water partition coefficient (Wildman–Crippen LogP) is -0.349. The van der Waals surface area contributed by atoms with Gasteiger partial charge in [-0.3, -0.25) is 0 Å². The molecule has 17 heavy (non-hydrogen) atoms. The van der Waals surface area contributed by atoms with Crippen LogP contribution in [0.15, 0.2) is 12.3 Å². The number of hydrogen-bond donors (Lipinski definition) is 3. The third-order valence-electron chi connectivity index (χ3n) is 3.05. The van der Waals surface area contributed by atoms with Gasteiger partial charge in [0.05, 0.1) is 12.2 Å². The first-order chi connectivity index (χ1) is 8.11. The molecule has 2 heterocycles. The van der Waals surface area contributed by atoms with E-state index in [4.69, 9.17) is 0 Å². The highest BCUT2D eigenvalue weighted by Gasteiger charge is 2.30. The van der Waals surface area contributed by atoms with Gasteiger partial charge in [0.2, 0.25) is 0 Å². The molecule has 0 aromatic carbocycles. The largest absolute Gasteiger partial charge is 0.389 e. The molecule has 0 aliphatic carbocycles. The molecular formula is C12H19N3O2. The van der Waals surface area contributed by atoms with Gasteiger partial charge in [0.15, 0.2) is 0 Å². The third kappa shape index (κ3) is 2.57. The summed E-state index contributed by atoms with van der Waals surface area (Å²) in [5, 5.41) is 22.1. The Morgan fingerprint density at radius 2 is 2.06 bits per heavy atom. The Bertz CT molecular complexity index is 387. The van der Waals surface area contributed by atoms with Gasteiger partial charge in [0.1, 0.15) is 5.82 Å². The zero-order chi connectivity index (χ0) is 12.4. The van der Waals surface area contributed by atoms with Gasteiger partial charge in [-0.15, -0.1) is 0 Å². The number of nitrogens with zero attached hydrogens (tertiary/aromatic N) is 2. The van der Waals surface area contributed by atoms with Gasteiger partial charge in [0.25, 0.3) is 0 Å². The lowest BCUT2D eigenvalue weighted by molar-refractivity contribution is 0.0572. The summed E-state index contributed by atoms with van der Waals surface area (Å²) in [4.78, 5) is 6.34. The molecule has 1 aromatic heterocycles. The van der Waals surface area contributed by atoms with Crippen molar-refractivity contribution in [2.75, 3.05) is 25.0 Å². The molecule has 0 radical (unpaired) electrons. The Morgan fingerprint density at radius 1 is 1.41 bits per heavy atom. The van der Waals surface area contributed by atoms with Crippen LogP contribution < -0.4 is 10.2 Å². The molecule has 0 spiro atoms. The molecule has 5 heteroatoms. The zero-order valence-corrected chi connectivity index (χ0v) is 10.2. The molecule has 2 atom stereocenters. The number of β-amino-alcohol motifs (C(OH)–C–C–N with tert-alkyl or cyclic N) is 2. The van der Waals surface area contributed by atoms with E-state index < -0.39 is 12.2 Å².